The predicted molar refractivity (Wildman–Crippen MR) is 108 cm³/mol. The number of aryl methyl sites for hydroxylation is 2. The lowest BCUT2D eigenvalue weighted by molar-refractivity contribution is -0.136. The second kappa shape index (κ2) is 8.53. The van der Waals surface area contributed by atoms with Gasteiger partial charge >= 0.3 is 0 Å². The van der Waals surface area contributed by atoms with E-state index < -0.39 is 10.0 Å². The molecule has 1 fully saturated rings. The predicted octanol–water partition coefficient (Wildman–Crippen LogP) is 3.25. The molecular weight excluding hydrogens is 465 g/mol. The molecule has 10 heteroatoms. The molecule has 0 radical (unpaired) electrons. The number of benzene rings is 1. The van der Waals surface area contributed by atoms with Gasteiger partial charge in [0, 0.05) is 42.6 Å². The van der Waals surface area contributed by atoms with Crippen molar-refractivity contribution in [2.45, 2.75) is 38.1 Å². The van der Waals surface area contributed by atoms with E-state index in [1.54, 1.807) is 33.0 Å². The van der Waals surface area contributed by atoms with Crippen LogP contribution in [0.15, 0.2) is 32.1 Å². The molecule has 1 aliphatic rings. The second-order valence-electron chi connectivity index (χ2n) is 7.26. The van der Waals surface area contributed by atoms with Crippen LogP contribution in [0, 0.1) is 25.6 Å². The van der Waals surface area contributed by atoms with Crippen molar-refractivity contribution < 1.29 is 22.1 Å². The van der Waals surface area contributed by atoms with Gasteiger partial charge in [-0.2, -0.15) is 4.31 Å². The fourth-order valence-electron chi connectivity index (χ4n) is 3.62. The molecule has 158 valence electrons. The van der Waals surface area contributed by atoms with E-state index >= 15 is 0 Å². The number of hydrogen-bond acceptors (Lipinski definition) is 5. The monoisotopic (exact) mass is 487 g/mol. The van der Waals surface area contributed by atoms with Gasteiger partial charge in [0.1, 0.15) is 16.4 Å². The van der Waals surface area contributed by atoms with Crippen LogP contribution in [-0.2, 0) is 21.4 Å². The lowest BCUT2D eigenvalue weighted by Gasteiger charge is -2.32. The van der Waals surface area contributed by atoms with Crippen LogP contribution in [-0.4, -0.2) is 48.8 Å². The van der Waals surface area contributed by atoms with Gasteiger partial charge in [0.15, 0.2) is 5.76 Å². The van der Waals surface area contributed by atoms with Crippen LogP contribution in [0.2, 0.25) is 0 Å². The van der Waals surface area contributed by atoms with Crippen molar-refractivity contribution in [3.8, 4) is 0 Å². The van der Waals surface area contributed by atoms with Gasteiger partial charge in [0.25, 0.3) is 0 Å². The molecule has 0 spiro atoms. The number of piperidine rings is 1. The molecule has 3 rings (SSSR count). The Bertz CT molecular complexity index is 997. The number of hydrogen-bond donors (Lipinski definition) is 0. The maximum absolute atomic E-state index is 14.0. The standard InChI is InChI=1S/C19H23BrFN3O4S/c1-12-18(13(2)28-22-12)29(26,27)24-8-6-14(7-9-24)19(25)23(3)11-15-10-16(20)4-5-17(15)21/h4-5,10,14H,6-9,11H2,1-3H3. The SMILES string of the molecule is Cc1noc(C)c1S(=O)(=O)N1CCC(C(=O)N(C)Cc2cc(Br)ccc2F)CC1. The maximum Gasteiger partial charge on any atom is 0.248 e. The average molecular weight is 488 g/mol. The summed E-state index contributed by atoms with van der Waals surface area (Å²) in [5.74, 6) is -0.519. The summed E-state index contributed by atoms with van der Waals surface area (Å²) in [5, 5.41) is 3.72. The molecule has 0 atom stereocenters. The van der Waals surface area contributed by atoms with Gasteiger partial charge in [0.05, 0.1) is 0 Å². The van der Waals surface area contributed by atoms with Gasteiger partial charge in [0.2, 0.25) is 15.9 Å². The molecule has 1 aromatic carbocycles. The normalized spacial score (nSPS) is 16.2. The second-order valence-corrected chi connectivity index (χ2v) is 10.1. The van der Waals surface area contributed by atoms with Crippen molar-refractivity contribution in [3.63, 3.8) is 0 Å². The van der Waals surface area contributed by atoms with Crippen molar-refractivity contribution in [2.24, 2.45) is 5.92 Å². The number of nitrogens with zero attached hydrogens (tertiary/aromatic N) is 3. The Balaban J connectivity index is 1.64. The van der Waals surface area contributed by atoms with Crippen molar-refractivity contribution in [3.05, 3.63) is 45.5 Å². The summed E-state index contributed by atoms with van der Waals surface area (Å²) in [6, 6.07) is 4.61. The minimum atomic E-state index is -3.71. The summed E-state index contributed by atoms with van der Waals surface area (Å²) in [7, 11) is -2.08. The highest BCUT2D eigenvalue weighted by atomic mass is 79.9. The smallest absolute Gasteiger partial charge is 0.248 e. The topological polar surface area (TPSA) is 83.7 Å². The van der Waals surface area contributed by atoms with Crippen LogP contribution >= 0.6 is 15.9 Å². The number of halogens is 2. The molecular formula is C19H23BrFN3O4S. The summed E-state index contributed by atoms with van der Waals surface area (Å²) in [6.45, 7) is 3.79. The van der Waals surface area contributed by atoms with Crippen LogP contribution in [0.3, 0.4) is 0 Å². The Labute approximate surface area is 178 Å². The van der Waals surface area contributed by atoms with Gasteiger partial charge < -0.3 is 9.42 Å². The zero-order valence-corrected chi connectivity index (χ0v) is 18.9. The van der Waals surface area contributed by atoms with Crippen LogP contribution in [0.1, 0.15) is 29.9 Å². The number of rotatable bonds is 5. The van der Waals surface area contributed by atoms with E-state index in [0.717, 1.165) is 4.47 Å². The summed E-state index contributed by atoms with van der Waals surface area (Å²) in [6.07, 6.45) is 0.819. The first-order valence-corrected chi connectivity index (χ1v) is 11.5. The Morgan fingerprint density at radius 3 is 2.59 bits per heavy atom. The minimum Gasteiger partial charge on any atom is -0.360 e. The molecule has 0 saturated carbocycles. The highest BCUT2D eigenvalue weighted by Gasteiger charge is 2.36. The molecule has 2 heterocycles. The molecule has 2 aromatic rings. The van der Waals surface area contributed by atoms with Gasteiger partial charge in [-0.15, -0.1) is 0 Å². The summed E-state index contributed by atoms with van der Waals surface area (Å²) in [5.41, 5.74) is 0.755. The molecule has 0 aliphatic carbocycles. The number of carbonyl (C=O) groups is 1. The molecule has 1 saturated heterocycles. The van der Waals surface area contributed by atoms with Crippen molar-refractivity contribution >= 4 is 31.9 Å². The summed E-state index contributed by atoms with van der Waals surface area (Å²) >= 11 is 3.31. The molecule has 0 unspecified atom stereocenters. The molecule has 1 aliphatic heterocycles. The number of amides is 1. The van der Waals surface area contributed by atoms with Crippen LogP contribution in [0.25, 0.3) is 0 Å². The van der Waals surface area contributed by atoms with Gasteiger partial charge in [-0.3, -0.25) is 4.79 Å². The van der Waals surface area contributed by atoms with E-state index in [0.29, 0.717) is 24.1 Å². The lowest BCUT2D eigenvalue weighted by Crippen LogP contribution is -2.43. The summed E-state index contributed by atoms with van der Waals surface area (Å²) in [4.78, 5) is 14.4. The van der Waals surface area contributed by atoms with E-state index in [9.17, 15) is 17.6 Å². The van der Waals surface area contributed by atoms with Gasteiger partial charge in [-0.25, -0.2) is 12.8 Å². The number of sulfonamides is 1. The van der Waals surface area contributed by atoms with Crippen LogP contribution in [0.5, 0.6) is 0 Å². The van der Waals surface area contributed by atoms with E-state index in [2.05, 4.69) is 21.1 Å². The van der Waals surface area contributed by atoms with E-state index in [1.807, 2.05) is 0 Å². The third kappa shape index (κ3) is 4.54. The molecule has 0 N–H and O–H groups in total. The maximum atomic E-state index is 14.0. The molecule has 7 nitrogen and oxygen atoms in total. The first kappa shape index (κ1) is 21.9. The third-order valence-corrected chi connectivity index (χ3v) is 7.80. The third-order valence-electron chi connectivity index (χ3n) is 5.16. The van der Waals surface area contributed by atoms with Crippen molar-refractivity contribution in [2.75, 3.05) is 20.1 Å². The van der Waals surface area contributed by atoms with Gasteiger partial charge in [-0.1, -0.05) is 21.1 Å². The first-order valence-electron chi connectivity index (χ1n) is 9.23. The average Bonchev–Trinajstić information content (AvgIpc) is 3.03. The van der Waals surface area contributed by atoms with E-state index in [-0.39, 0.29) is 47.9 Å². The molecule has 1 amide bonds. The highest BCUT2D eigenvalue weighted by Crippen LogP contribution is 2.28. The zero-order valence-electron chi connectivity index (χ0n) is 16.5. The summed E-state index contributed by atoms with van der Waals surface area (Å²) < 4.78 is 46.9. The Kier molecular flexibility index (Phi) is 6.45. The van der Waals surface area contributed by atoms with Crippen molar-refractivity contribution in [1.29, 1.82) is 0 Å². The fourth-order valence-corrected chi connectivity index (χ4v) is 5.79. The fraction of sp³-hybridized carbons (Fsp3) is 0.474. The highest BCUT2D eigenvalue weighted by molar-refractivity contribution is 9.10. The Hall–Kier alpha value is -1.78. The molecule has 0 bridgehead atoms. The van der Waals surface area contributed by atoms with E-state index in [4.69, 9.17) is 4.52 Å². The quantitative estimate of drug-likeness (QED) is 0.646. The number of aromatic nitrogens is 1. The minimum absolute atomic E-state index is 0.101. The Morgan fingerprint density at radius 2 is 2.00 bits per heavy atom. The molecule has 1 aromatic heterocycles. The lowest BCUT2D eigenvalue weighted by atomic mass is 9.96. The number of carbonyl (C=O) groups excluding carboxylic acids is 1. The zero-order chi connectivity index (χ0) is 21.3. The largest absolute Gasteiger partial charge is 0.360 e. The van der Waals surface area contributed by atoms with E-state index in [1.165, 1.54) is 15.3 Å². The van der Waals surface area contributed by atoms with Crippen LogP contribution < -0.4 is 0 Å². The molecule has 29 heavy (non-hydrogen) atoms. The first-order chi connectivity index (χ1) is 13.6. The Morgan fingerprint density at radius 1 is 1.34 bits per heavy atom. The van der Waals surface area contributed by atoms with Crippen molar-refractivity contribution in [1.82, 2.24) is 14.4 Å². The van der Waals surface area contributed by atoms with Crippen LogP contribution in [0.4, 0.5) is 4.39 Å². The van der Waals surface area contributed by atoms with Gasteiger partial charge in [-0.05, 0) is 44.9 Å².